The molecule has 0 bridgehead atoms. The molecule has 33 heavy (non-hydrogen) atoms. The van der Waals surface area contributed by atoms with Gasteiger partial charge in [-0.3, -0.25) is 0 Å². The second-order valence-electron chi connectivity index (χ2n) is 6.87. The molecule has 0 saturated carbocycles. The summed E-state index contributed by atoms with van der Waals surface area (Å²) in [7, 11) is 0. The Morgan fingerprint density at radius 3 is 2.03 bits per heavy atom. The summed E-state index contributed by atoms with van der Waals surface area (Å²) in [6.07, 6.45) is -4.02. The van der Waals surface area contributed by atoms with Gasteiger partial charge < -0.3 is 9.64 Å². The van der Waals surface area contributed by atoms with Crippen LogP contribution in [-0.4, -0.2) is 30.9 Å². The summed E-state index contributed by atoms with van der Waals surface area (Å²) in [6.45, 7) is 7.59. The Labute approximate surface area is 189 Å². The molecule has 3 rings (SSSR count). The highest BCUT2D eigenvalue weighted by molar-refractivity contribution is 5.98. The normalized spacial score (nSPS) is 13.8. The third-order valence-electron chi connectivity index (χ3n) is 4.70. The van der Waals surface area contributed by atoms with Crippen LogP contribution in [0.4, 0.5) is 26.3 Å². The zero-order chi connectivity index (χ0) is 24.7. The third kappa shape index (κ3) is 6.21. The Balaban J connectivity index is 0.00000187. The molecule has 2 nitrogen and oxygen atoms in total. The van der Waals surface area contributed by atoms with Crippen molar-refractivity contribution in [3.8, 4) is 5.75 Å². The molecule has 8 heteroatoms. The number of alkyl halides is 4. The van der Waals surface area contributed by atoms with Gasteiger partial charge in [-0.25, -0.2) is 26.3 Å². The van der Waals surface area contributed by atoms with E-state index >= 15 is 8.78 Å². The monoisotopic (exact) mass is 469 g/mol. The Hall–Kier alpha value is -3.16. The fourth-order valence-corrected chi connectivity index (χ4v) is 3.33. The topological polar surface area (TPSA) is 12.5 Å². The van der Waals surface area contributed by atoms with Crippen molar-refractivity contribution >= 4 is 11.3 Å². The predicted octanol–water partition coefficient (Wildman–Crippen LogP) is 7.54. The minimum absolute atomic E-state index is 0.127. The maximum Gasteiger partial charge on any atom is 0.272 e. The molecule has 0 atom stereocenters. The first-order valence-electron chi connectivity index (χ1n) is 10.3. The summed E-state index contributed by atoms with van der Waals surface area (Å²) < 4.78 is 86.3. The molecule has 0 unspecified atom stereocenters. The molecule has 178 valence electrons. The van der Waals surface area contributed by atoms with Crippen molar-refractivity contribution in [2.75, 3.05) is 13.2 Å². The van der Waals surface area contributed by atoms with Crippen LogP contribution in [0.15, 0.2) is 66.4 Å². The van der Waals surface area contributed by atoms with Crippen molar-refractivity contribution in [2.45, 2.75) is 33.6 Å². The van der Waals surface area contributed by atoms with Crippen molar-refractivity contribution in [3.63, 3.8) is 0 Å². The molecule has 0 aromatic heterocycles. The number of ether oxygens (including phenoxy) is 1. The number of benzene rings is 2. The average molecular weight is 469 g/mol. The minimum Gasteiger partial charge on any atom is -0.487 e. The molecule has 1 heterocycles. The number of hydrogen-bond acceptors (Lipinski definition) is 2. The first-order chi connectivity index (χ1) is 15.7. The molecule has 0 aliphatic carbocycles. The predicted molar refractivity (Wildman–Crippen MR) is 118 cm³/mol. The highest BCUT2D eigenvalue weighted by Crippen LogP contribution is 2.42. The molecule has 0 saturated heterocycles. The van der Waals surface area contributed by atoms with Gasteiger partial charge in [0.05, 0.1) is 17.8 Å². The van der Waals surface area contributed by atoms with Crippen molar-refractivity contribution in [1.29, 1.82) is 0 Å². The molecule has 2 aromatic carbocycles. The number of nitrogens with zero attached hydrogens (tertiary/aromatic N) is 1. The summed E-state index contributed by atoms with van der Waals surface area (Å²) in [5.74, 6) is -2.69. The molecule has 2 aromatic rings. The number of rotatable bonds is 7. The van der Waals surface area contributed by atoms with Crippen LogP contribution in [0.1, 0.15) is 31.9 Å². The molecule has 0 N–H and O–H groups in total. The van der Waals surface area contributed by atoms with E-state index in [2.05, 4.69) is 6.58 Å². The highest BCUT2D eigenvalue weighted by atomic mass is 19.3. The Morgan fingerprint density at radius 2 is 1.52 bits per heavy atom. The van der Waals surface area contributed by atoms with Crippen molar-refractivity contribution in [3.05, 3.63) is 89.2 Å². The highest BCUT2D eigenvalue weighted by Gasteiger charge is 2.31. The van der Waals surface area contributed by atoms with E-state index in [-0.39, 0.29) is 11.4 Å². The second kappa shape index (κ2) is 11.6. The van der Waals surface area contributed by atoms with E-state index in [0.717, 1.165) is 17.0 Å². The quantitative estimate of drug-likeness (QED) is 0.389. The number of halogens is 6. The maximum atomic E-state index is 15.0. The molecular weight excluding hydrogens is 444 g/mol. The first kappa shape index (κ1) is 26.1. The maximum absolute atomic E-state index is 15.0. The lowest BCUT2D eigenvalue weighted by molar-refractivity contribution is 0.0815. The fourth-order valence-electron chi connectivity index (χ4n) is 3.33. The van der Waals surface area contributed by atoms with Crippen LogP contribution in [-0.2, 0) is 0 Å². The lowest BCUT2D eigenvalue weighted by atomic mass is 9.91. The van der Waals surface area contributed by atoms with Gasteiger partial charge in [-0.1, -0.05) is 50.8 Å². The SMILES string of the molecule is C=C1C(C)=CC(c2ccccc2)=C(c2c(F)cc(OCC(F)F)cc2F)N1CC(F)F.CC. The van der Waals surface area contributed by atoms with Crippen molar-refractivity contribution in [1.82, 2.24) is 4.90 Å². The summed E-state index contributed by atoms with van der Waals surface area (Å²) >= 11 is 0. The molecular formula is C25H25F6NO. The summed E-state index contributed by atoms with van der Waals surface area (Å²) in [6, 6.07) is 10.0. The van der Waals surface area contributed by atoms with E-state index in [9.17, 15) is 17.6 Å². The average Bonchev–Trinajstić information content (AvgIpc) is 2.78. The van der Waals surface area contributed by atoms with Gasteiger partial charge in [-0.05, 0) is 24.1 Å². The first-order valence-corrected chi connectivity index (χ1v) is 10.3. The van der Waals surface area contributed by atoms with Crippen LogP contribution < -0.4 is 4.74 Å². The van der Waals surface area contributed by atoms with Gasteiger partial charge in [-0.2, -0.15) is 0 Å². The second-order valence-corrected chi connectivity index (χ2v) is 6.87. The van der Waals surface area contributed by atoms with Gasteiger partial charge >= 0.3 is 0 Å². The number of allylic oxidation sites excluding steroid dienone is 3. The Morgan fingerprint density at radius 1 is 0.939 bits per heavy atom. The third-order valence-corrected chi connectivity index (χ3v) is 4.70. The standard InChI is InChI=1S/C23H19F6NO.C2H6/c1-13-8-17(15-6-4-3-5-7-15)23(30(14(13)2)11-20(26)27)22-18(24)9-16(10-19(22)25)31-12-21(28)29;1-2/h3-10,20-21H,2,11-12H2,1H3;1-2H3. The lowest BCUT2D eigenvalue weighted by Crippen LogP contribution is -2.30. The van der Waals surface area contributed by atoms with E-state index in [1.54, 1.807) is 43.3 Å². The van der Waals surface area contributed by atoms with Crippen molar-refractivity contribution < 1.29 is 31.1 Å². The molecule has 0 amide bonds. The van der Waals surface area contributed by atoms with Gasteiger partial charge in [0.25, 0.3) is 12.9 Å². The smallest absolute Gasteiger partial charge is 0.272 e. The molecule has 0 radical (unpaired) electrons. The van der Waals surface area contributed by atoms with E-state index in [0.29, 0.717) is 16.7 Å². The lowest BCUT2D eigenvalue weighted by Gasteiger charge is -2.35. The van der Waals surface area contributed by atoms with Crippen LogP contribution in [0.3, 0.4) is 0 Å². The molecule has 1 aliphatic rings. The van der Waals surface area contributed by atoms with Crippen molar-refractivity contribution in [2.24, 2.45) is 0 Å². The fraction of sp³-hybridized carbons (Fsp3) is 0.280. The summed E-state index contributed by atoms with van der Waals surface area (Å²) in [5, 5.41) is 0. The minimum atomic E-state index is -2.82. The zero-order valence-corrected chi connectivity index (χ0v) is 18.5. The van der Waals surface area contributed by atoms with Crippen LogP contribution in [0, 0.1) is 11.6 Å². The van der Waals surface area contributed by atoms with E-state index in [1.807, 2.05) is 13.8 Å². The largest absolute Gasteiger partial charge is 0.487 e. The van der Waals surface area contributed by atoms with Crippen LogP contribution in [0.2, 0.25) is 0 Å². The molecule has 0 fully saturated rings. The Kier molecular flexibility index (Phi) is 9.20. The van der Waals surface area contributed by atoms with E-state index < -0.39 is 48.9 Å². The van der Waals surface area contributed by atoms with Gasteiger partial charge in [0, 0.05) is 23.4 Å². The zero-order valence-electron chi connectivity index (χ0n) is 18.5. The van der Waals surface area contributed by atoms with Gasteiger partial charge in [0.1, 0.15) is 24.0 Å². The molecule has 1 aliphatic heterocycles. The van der Waals surface area contributed by atoms with Gasteiger partial charge in [0.15, 0.2) is 0 Å². The summed E-state index contributed by atoms with van der Waals surface area (Å²) in [5.41, 5.74) is 0.907. The number of hydrogen-bond donors (Lipinski definition) is 0. The van der Waals surface area contributed by atoms with Gasteiger partial charge in [-0.15, -0.1) is 0 Å². The van der Waals surface area contributed by atoms with E-state index in [1.165, 1.54) is 0 Å². The van der Waals surface area contributed by atoms with Gasteiger partial charge in [0.2, 0.25) is 0 Å². The Bertz CT molecular complexity index is 1010. The van der Waals surface area contributed by atoms with E-state index in [4.69, 9.17) is 4.74 Å². The van der Waals surface area contributed by atoms with Crippen LogP contribution in [0.5, 0.6) is 5.75 Å². The molecule has 0 spiro atoms. The summed E-state index contributed by atoms with van der Waals surface area (Å²) in [4.78, 5) is 1.07. The van der Waals surface area contributed by atoms with Crippen LogP contribution >= 0.6 is 0 Å². The van der Waals surface area contributed by atoms with Crippen LogP contribution in [0.25, 0.3) is 11.3 Å².